The van der Waals surface area contributed by atoms with Gasteiger partial charge in [0, 0.05) is 31.9 Å². The Balaban J connectivity index is 0.000000396. The third-order valence-electron chi connectivity index (χ3n) is 6.99. The fourth-order valence-electron chi connectivity index (χ4n) is 4.49. The highest BCUT2D eigenvalue weighted by molar-refractivity contribution is 5.73. The van der Waals surface area contributed by atoms with Crippen LogP contribution in [-0.4, -0.2) is 112 Å². The Kier molecular flexibility index (Phi) is 15.0. The third kappa shape index (κ3) is 16.1. The molecule has 0 aromatic carbocycles. The standard InChI is InChI=1S/C20H31N3O.3C2HF3O2/c1-22-16-20(12-19(22)15-24-14-17-5-6-17)7-10-23(11-8-20)13-18-4-2-3-9-21-18;3*3-2(4,5)1(6)7/h2-4,9,17,19H,5-8,10-16H2,1H3;3*(H,6,7). The number of rotatable bonds is 6. The van der Waals surface area contributed by atoms with Gasteiger partial charge >= 0.3 is 36.4 Å². The minimum atomic E-state index is -5.08. The second-order valence-electron chi connectivity index (χ2n) is 10.8. The summed E-state index contributed by atoms with van der Waals surface area (Å²) in [6.07, 6.45) is -6.61. The second kappa shape index (κ2) is 16.9. The van der Waals surface area contributed by atoms with Gasteiger partial charge in [-0.25, -0.2) is 14.4 Å². The predicted molar refractivity (Wildman–Crippen MR) is 137 cm³/mol. The molecule has 1 aromatic heterocycles. The maximum atomic E-state index is 10.6. The van der Waals surface area contributed by atoms with E-state index in [1.54, 1.807) is 0 Å². The zero-order valence-corrected chi connectivity index (χ0v) is 24.0. The Bertz CT molecular complexity index is 1020. The van der Waals surface area contributed by atoms with Gasteiger partial charge in [0.1, 0.15) is 0 Å². The second-order valence-corrected chi connectivity index (χ2v) is 10.8. The Hall–Kier alpha value is -3.19. The Labute approximate surface area is 251 Å². The topological polar surface area (TPSA) is 140 Å². The number of pyridine rings is 1. The van der Waals surface area contributed by atoms with Crippen LogP contribution < -0.4 is 0 Å². The number of ether oxygens (including phenoxy) is 1. The van der Waals surface area contributed by atoms with Gasteiger partial charge in [0.25, 0.3) is 0 Å². The fourth-order valence-corrected chi connectivity index (χ4v) is 4.49. The molecule has 1 atom stereocenters. The van der Waals surface area contributed by atoms with Crippen molar-refractivity contribution >= 4 is 17.9 Å². The number of halogens is 9. The van der Waals surface area contributed by atoms with Gasteiger partial charge in [-0.3, -0.25) is 9.88 Å². The Morgan fingerprint density at radius 3 is 1.71 bits per heavy atom. The van der Waals surface area contributed by atoms with Crippen molar-refractivity contribution in [2.75, 3.05) is 39.9 Å². The van der Waals surface area contributed by atoms with Gasteiger partial charge in [0.2, 0.25) is 0 Å². The smallest absolute Gasteiger partial charge is 0.475 e. The number of hydrogen-bond donors (Lipinski definition) is 3. The van der Waals surface area contributed by atoms with Gasteiger partial charge in [0.05, 0.1) is 12.3 Å². The van der Waals surface area contributed by atoms with Crippen LogP contribution in [0, 0.1) is 11.3 Å². The number of nitrogens with zero attached hydrogens (tertiary/aromatic N) is 3. The molecule has 10 nitrogen and oxygen atoms in total. The van der Waals surface area contributed by atoms with Gasteiger partial charge in [-0.2, -0.15) is 39.5 Å². The van der Waals surface area contributed by atoms with Gasteiger partial charge in [0.15, 0.2) is 0 Å². The molecule has 3 N–H and O–H groups in total. The van der Waals surface area contributed by atoms with Crippen LogP contribution >= 0.6 is 0 Å². The van der Waals surface area contributed by atoms with Crippen molar-refractivity contribution in [1.82, 2.24) is 14.8 Å². The van der Waals surface area contributed by atoms with Gasteiger partial charge in [-0.15, -0.1) is 0 Å². The first-order valence-electron chi connectivity index (χ1n) is 13.4. The van der Waals surface area contributed by atoms with Crippen LogP contribution in [0.15, 0.2) is 24.4 Å². The number of aliphatic carboxylic acids is 3. The van der Waals surface area contributed by atoms with E-state index in [0.29, 0.717) is 11.5 Å². The van der Waals surface area contributed by atoms with Crippen LogP contribution in [0.3, 0.4) is 0 Å². The molecular weight excluding hydrogens is 637 g/mol. The van der Waals surface area contributed by atoms with Crippen LogP contribution in [0.5, 0.6) is 0 Å². The summed E-state index contributed by atoms with van der Waals surface area (Å²) in [5.74, 6) is -7.40. The van der Waals surface area contributed by atoms with Gasteiger partial charge in [-0.1, -0.05) is 6.07 Å². The van der Waals surface area contributed by atoms with E-state index in [4.69, 9.17) is 34.4 Å². The number of aromatic nitrogens is 1. The van der Waals surface area contributed by atoms with E-state index in [-0.39, 0.29) is 0 Å². The van der Waals surface area contributed by atoms with Gasteiger partial charge < -0.3 is 25.0 Å². The average Bonchev–Trinajstić information content (AvgIpc) is 3.69. The number of piperidine rings is 1. The van der Waals surface area contributed by atoms with Crippen molar-refractivity contribution in [2.45, 2.75) is 63.2 Å². The van der Waals surface area contributed by atoms with Crippen molar-refractivity contribution in [3.05, 3.63) is 30.1 Å². The third-order valence-corrected chi connectivity index (χ3v) is 6.99. The summed E-state index contributed by atoms with van der Waals surface area (Å²) in [5, 5.41) is 21.4. The number of likely N-dealkylation sites (tertiary alicyclic amines) is 2. The molecule has 0 bridgehead atoms. The molecule has 2 saturated heterocycles. The maximum Gasteiger partial charge on any atom is 0.490 e. The van der Waals surface area contributed by atoms with Crippen molar-refractivity contribution in [2.24, 2.45) is 11.3 Å². The van der Waals surface area contributed by atoms with Gasteiger partial charge in [-0.05, 0) is 75.7 Å². The van der Waals surface area contributed by atoms with Crippen molar-refractivity contribution in [3.63, 3.8) is 0 Å². The lowest BCUT2D eigenvalue weighted by Crippen LogP contribution is -2.41. The molecule has 3 heterocycles. The minimum absolute atomic E-state index is 0.531. The molecule has 4 rings (SSSR count). The highest BCUT2D eigenvalue weighted by Crippen LogP contribution is 2.43. The summed E-state index contributed by atoms with van der Waals surface area (Å²) in [4.78, 5) is 36.3. The molecule has 3 aliphatic rings. The normalized spacial score (nSPS) is 20.1. The summed E-state index contributed by atoms with van der Waals surface area (Å²) in [6, 6.07) is 6.85. The maximum absolute atomic E-state index is 10.6. The van der Waals surface area contributed by atoms with E-state index in [1.165, 1.54) is 57.4 Å². The number of carbonyl (C=O) groups is 3. The molecule has 258 valence electrons. The summed E-state index contributed by atoms with van der Waals surface area (Å²) in [6.45, 7) is 6.60. The van der Waals surface area contributed by atoms with Crippen LogP contribution in [0.2, 0.25) is 0 Å². The predicted octanol–water partition coefficient (Wildman–Crippen LogP) is 4.69. The van der Waals surface area contributed by atoms with E-state index in [1.807, 2.05) is 12.3 Å². The SMILES string of the molecule is CN1CC2(CCN(Cc3ccccn3)CC2)CC1COCC1CC1.O=C(O)C(F)(F)F.O=C(O)C(F)(F)F.O=C(O)C(F)(F)F. The summed E-state index contributed by atoms with van der Waals surface area (Å²) >= 11 is 0. The molecule has 1 aliphatic carbocycles. The number of likely N-dealkylation sites (N-methyl/N-ethyl adjacent to an activating group) is 1. The monoisotopic (exact) mass is 671 g/mol. The summed E-state index contributed by atoms with van der Waals surface area (Å²) in [5.41, 5.74) is 1.73. The van der Waals surface area contributed by atoms with Crippen LogP contribution in [0.4, 0.5) is 39.5 Å². The molecule has 19 heteroatoms. The Morgan fingerprint density at radius 2 is 1.33 bits per heavy atom. The number of carboxylic acids is 3. The van der Waals surface area contributed by atoms with Crippen LogP contribution in [0.25, 0.3) is 0 Å². The zero-order valence-electron chi connectivity index (χ0n) is 24.0. The van der Waals surface area contributed by atoms with E-state index < -0.39 is 36.4 Å². The lowest BCUT2D eigenvalue weighted by Gasteiger charge is -2.39. The van der Waals surface area contributed by atoms with Crippen molar-refractivity contribution < 1.29 is 74.0 Å². The molecular formula is C26H34F9N3O7. The van der Waals surface area contributed by atoms with E-state index >= 15 is 0 Å². The average molecular weight is 672 g/mol. The molecule has 3 fully saturated rings. The van der Waals surface area contributed by atoms with Crippen LogP contribution in [-0.2, 0) is 25.7 Å². The molecule has 1 aromatic rings. The first-order valence-corrected chi connectivity index (χ1v) is 13.4. The molecule has 2 aliphatic heterocycles. The lowest BCUT2D eigenvalue weighted by molar-refractivity contribution is -0.193. The zero-order chi connectivity index (χ0) is 34.6. The Morgan fingerprint density at radius 1 is 0.867 bits per heavy atom. The lowest BCUT2D eigenvalue weighted by atomic mass is 9.76. The highest BCUT2D eigenvalue weighted by Gasteiger charge is 2.44. The molecule has 1 spiro atoms. The number of carboxylic acid groups (broad SMARTS) is 3. The number of alkyl halides is 9. The minimum Gasteiger partial charge on any atom is -0.475 e. The quantitative estimate of drug-likeness (QED) is 0.365. The highest BCUT2D eigenvalue weighted by atomic mass is 19.4. The number of hydrogen-bond acceptors (Lipinski definition) is 7. The fraction of sp³-hybridized carbons (Fsp3) is 0.692. The molecule has 1 saturated carbocycles. The van der Waals surface area contributed by atoms with Crippen molar-refractivity contribution in [3.8, 4) is 0 Å². The molecule has 45 heavy (non-hydrogen) atoms. The van der Waals surface area contributed by atoms with Crippen LogP contribution in [0.1, 0.15) is 37.8 Å². The molecule has 1 unspecified atom stereocenters. The molecule has 0 radical (unpaired) electrons. The van der Waals surface area contributed by atoms with E-state index in [9.17, 15) is 39.5 Å². The summed E-state index contributed by atoms with van der Waals surface area (Å²) < 4.78 is 101. The van der Waals surface area contributed by atoms with E-state index in [0.717, 1.165) is 25.7 Å². The first kappa shape index (κ1) is 39.8. The van der Waals surface area contributed by atoms with Crippen molar-refractivity contribution in [1.29, 1.82) is 0 Å². The first-order chi connectivity index (χ1) is 20.6. The summed E-state index contributed by atoms with van der Waals surface area (Å²) in [7, 11) is 2.29. The van der Waals surface area contributed by atoms with E-state index in [2.05, 4.69) is 34.0 Å². The largest absolute Gasteiger partial charge is 0.490 e. The molecule has 0 amide bonds.